The molecule has 0 aliphatic carbocycles. The summed E-state index contributed by atoms with van der Waals surface area (Å²) in [5.41, 5.74) is 2.18. The minimum Gasteiger partial charge on any atom is -0.394 e. The summed E-state index contributed by atoms with van der Waals surface area (Å²) in [5.74, 6) is 0. The van der Waals surface area contributed by atoms with Crippen molar-refractivity contribution in [2.45, 2.75) is 32.9 Å². The van der Waals surface area contributed by atoms with Crippen LogP contribution in [0.3, 0.4) is 0 Å². The Morgan fingerprint density at radius 2 is 1.95 bits per heavy atom. The van der Waals surface area contributed by atoms with Crippen LogP contribution in [0.5, 0.6) is 0 Å². The zero-order valence-electron chi connectivity index (χ0n) is 11.6. The van der Waals surface area contributed by atoms with Gasteiger partial charge in [-0.2, -0.15) is 0 Å². The van der Waals surface area contributed by atoms with E-state index >= 15 is 0 Å². The highest BCUT2D eigenvalue weighted by atomic mass is 32.1. The van der Waals surface area contributed by atoms with E-state index < -0.39 is 0 Å². The van der Waals surface area contributed by atoms with Gasteiger partial charge in [0.25, 0.3) is 0 Å². The van der Waals surface area contributed by atoms with E-state index in [2.05, 4.69) is 24.1 Å². The van der Waals surface area contributed by atoms with Crippen molar-refractivity contribution in [1.29, 1.82) is 0 Å². The SMILES string of the molecule is Cc1nc(C(C)N[C@@H](CO)c2ccccc2)c(C)s1. The second-order valence-electron chi connectivity index (χ2n) is 4.71. The summed E-state index contributed by atoms with van der Waals surface area (Å²) in [4.78, 5) is 5.80. The number of hydrogen-bond acceptors (Lipinski definition) is 4. The smallest absolute Gasteiger partial charge is 0.0900 e. The van der Waals surface area contributed by atoms with Gasteiger partial charge in [0, 0.05) is 10.9 Å². The van der Waals surface area contributed by atoms with Gasteiger partial charge in [0.2, 0.25) is 0 Å². The van der Waals surface area contributed by atoms with Crippen molar-refractivity contribution >= 4 is 11.3 Å². The molecule has 102 valence electrons. The van der Waals surface area contributed by atoms with E-state index in [1.165, 1.54) is 4.88 Å². The number of aryl methyl sites for hydroxylation is 2. The molecule has 1 aromatic carbocycles. The average Bonchev–Trinajstić information content (AvgIpc) is 2.76. The number of rotatable bonds is 5. The summed E-state index contributed by atoms with van der Waals surface area (Å²) in [7, 11) is 0. The third kappa shape index (κ3) is 3.41. The van der Waals surface area contributed by atoms with E-state index in [1.807, 2.05) is 37.3 Å². The predicted octanol–water partition coefficient (Wildman–Crippen LogP) is 3.14. The first-order valence-corrected chi connectivity index (χ1v) is 7.29. The van der Waals surface area contributed by atoms with Gasteiger partial charge in [0.15, 0.2) is 0 Å². The van der Waals surface area contributed by atoms with Crippen molar-refractivity contribution in [3.05, 3.63) is 51.5 Å². The van der Waals surface area contributed by atoms with Crippen molar-refractivity contribution in [3.63, 3.8) is 0 Å². The monoisotopic (exact) mass is 276 g/mol. The molecule has 0 aliphatic rings. The van der Waals surface area contributed by atoms with Gasteiger partial charge in [-0.15, -0.1) is 11.3 Å². The highest BCUT2D eigenvalue weighted by Gasteiger charge is 2.18. The highest BCUT2D eigenvalue weighted by Crippen LogP contribution is 2.25. The number of thiazole rings is 1. The van der Waals surface area contributed by atoms with Crippen LogP contribution in [0.2, 0.25) is 0 Å². The second-order valence-corrected chi connectivity index (χ2v) is 6.12. The summed E-state index contributed by atoms with van der Waals surface area (Å²) >= 11 is 1.71. The Labute approximate surface area is 118 Å². The van der Waals surface area contributed by atoms with Gasteiger partial charge >= 0.3 is 0 Å². The lowest BCUT2D eigenvalue weighted by Crippen LogP contribution is -2.27. The Morgan fingerprint density at radius 3 is 2.47 bits per heavy atom. The maximum absolute atomic E-state index is 9.57. The van der Waals surface area contributed by atoms with Gasteiger partial charge in [-0.1, -0.05) is 30.3 Å². The molecule has 1 unspecified atom stereocenters. The van der Waals surface area contributed by atoms with Crippen molar-refractivity contribution in [2.75, 3.05) is 6.61 Å². The summed E-state index contributed by atoms with van der Waals surface area (Å²) in [6.07, 6.45) is 0. The van der Waals surface area contributed by atoms with Gasteiger partial charge in [0.05, 0.1) is 23.4 Å². The lowest BCUT2D eigenvalue weighted by Gasteiger charge is -2.21. The topological polar surface area (TPSA) is 45.2 Å². The third-order valence-corrected chi connectivity index (χ3v) is 4.09. The molecule has 0 amide bonds. The quantitative estimate of drug-likeness (QED) is 0.882. The maximum atomic E-state index is 9.57. The normalized spacial score (nSPS) is 14.3. The molecule has 2 atom stereocenters. The number of nitrogens with one attached hydrogen (secondary N) is 1. The first-order valence-electron chi connectivity index (χ1n) is 6.47. The molecule has 2 rings (SSSR count). The Morgan fingerprint density at radius 1 is 1.26 bits per heavy atom. The number of nitrogens with zero attached hydrogens (tertiary/aromatic N) is 1. The minimum atomic E-state index is -0.0578. The van der Waals surface area contributed by atoms with Crippen molar-refractivity contribution in [2.24, 2.45) is 0 Å². The first-order chi connectivity index (χ1) is 9.11. The lowest BCUT2D eigenvalue weighted by molar-refractivity contribution is 0.235. The van der Waals surface area contributed by atoms with Crippen molar-refractivity contribution < 1.29 is 5.11 Å². The van der Waals surface area contributed by atoms with E-state index in [0.29, 0.717) is 0 Å². The fourth-order valence-electron chi connectivity index (χ4n) is 2.27. The number of aliphatic hydroxyl groups is 1. The minimum absolute atomic E-state index is 0.0578. The van der Waals surface area contributed by atoms with Gasteiger partial charge in [-0.25, -0.2) is 4.98 Å². The molecule has 1 heterocycles. The molecule has 0 fully saturated rings. The van der Waals surface area contributed by atoms with Crippen LogP contribution in [0.1, 0.15) is 40.1 Å². The van der Waals surface area contributed by atoms with Gasteiger partial charge in [-0.3, -0.25) is 5.32 Å². The molecule has 3 nitrogen and oxygen atoms in total. The molecule has 2 aromatic rings. The van der Waals surface area contributed by atoms with Crippen LogP contribution >= 0.6 is 11.3 Å². The van der Waals surface area contributed by atoms with Crippen LogP contribution in [0.25, 0.3) is 0 Å². The summed E-state index contributed by atoms with van der Waals surface area (Å²) in [6, 6.07) is 10.1. The second kappa shape index (κ2) is 6.28. The Bertz CT molecular complexity index is 524. The van der Waals surface area contributed by atoms with E-state index in [1.54, 1.807) is 11.3 Å². The van der Waals surface area contributed by atoms with Crippen molar-refractivity contribution in [3.8, 4) is 0 Å². The van der Waals surface area contributed by atoms with Crippen LogP contribution in [-0.2, 0) is 0 Å². The van der Waals surface area contributed by atoms with Crippen LogP contribution in [0.15, 0.2) is 30.3 Å². The molecule has 0 saturated heterocycles. The summed E-state index contributed by atoms with van der Waals surface area (Å²) < 4.78 is 0. The van der Waals surface area contributed by atoms with E-state index in [4.69, 9.17) is 0 Å². The molecule has 0 bridgehead atoms. The molecule has 1 aromatic heterocycles. The zero-order valence-corrected chi connectivity index (χ0v) is 12.4. The Hall–Kier alpha value is -1.23. The third-order valence-electron chi connectivity index (χ3n) is 3.19. The summed E-state index contributed by atoms with van der Waals surface area (Å²) in [6.45, 7) is 6.28. The molecular formula is C15H20N2OS. The summed E-state index contributed by atoms with van der Waals surface area (Å²) in [5, 5.41) is 14.1. The highest BCUT2D eigenvalue weighted by molar-refractivity contribution is 7.11. The van der Waals surface area contributed by atoms with E-state index in [9.17, 15) is 5.11 Å². The molecule has 0 saturated carbocycles. The number of hydrogen-bond donors (Lipinski definition) is 2. The largest absolute Gasteiger partial charge is 0.394 e. The van der Waals surface area contributed by atoms with Crippen LogP contribution < -0.4 is 5.32 Å². The average molecular weight is 276 g/mol. The molecule has 4 heteroatoms. The molecule has 0 radical (unpaired) electrons. The standard InChI is InChI=1S/C15H20N2OS/c1-10(15-11(2)19-12(3)17-15)16-14(9-18)13-7-5-4-6-8-13/h4-8,10,14,16,18H,9H2,1-3H3/t10?,14-/m0/s1. The molecular weight excluding hydrogens is 256 g/mol. The number of aromatic nitrogens is 1. The molecule has 2 N–H and O–H groups in total. The maximum Gasteiger partial charge on any atom is 0.0900 e. The number of benzene rings is 1. The molecule has 0 spiro atoms. The van der Waals surface area contributed by atoms with Gasteiger partial charge < -0.3 is 5.11 Å². The number of aliphatic hydroxyl groups excluding tert-OH is 1. The zero-order chi connectivity index (χ0) is 13.8. The predicted molar refractivity (Wildman–Crippen MR) is 79.4 cm³/mol. The molecule has 19 heavy (non-hydrogen) atoms. The molecule has 0 aliphatic heterocycles. The fourth-order valence-corrected chi connectivity index (χ4v) is 3.18. The fraction of sp³-hybridized carbons (Fsp3) is 0.400. The van der Waals surface area contributed by atoms with E-state index in [-0.39, 0.29) is 18.7 Å². The first kappa shape index (κ1) is 14.2. The van der Waals surface area contributed by atoms with Gasteiger partial charge in [0.1, 0.15) is 0 Å². The Balaban J connectivity index is 2.13. The van der Waals surface area contributed by atoms with Crippen LogP contribution in [0, 0.1) is 13.8 Å². The lowest BCUT2D eigenvalue weighted by atomic mass is 10.1. The van der Waals surface area contributed by atoms with Crippen LogP contribution in [0.4, 0.5) is 0 Å². The Kier molecular flexibility index (Phi) is 4.69. The van der Waals surface area contributed by atoms with Gasteiger partial charge in [-0.05, 0) is 26.3 Å². The van der Waals surface area contributed by atoms with Crippen LogP contribution in [-0.4, -0.2) is 16.7 Å². The van der Waals surface area contributed by atoms with Crippen molar-refractivity contribution in [1.82, 2.24) is 10.3 Å². The van der Waals surface area contributed by atoms with E-state index in [0.717, 1.165) is 16.3 Å².